The first-order valence-corrected chi connectivity index (χ1v) is 13.9. The Labute approximate surface area is 231 Å². The van der Waals surface area contributed by atoms with Crippen LogP contribution in [0.5, 0.6) is 0 Å². The molecule has 1 aliphatic heterocycles. The van der Waals surface area contributed by atoms with Crippen LogP contribution < -0.4 is 20.4 Å². The molecule has 0 radical (unpaired) electrons. The molecule has 1 aliphatic carbocycles. The maximum atomic E-state index is 12.8. The minimum absolute atomic E-state index is 0.0110. The van der Waals surface area contributed by atoms with Crippen molar-refractivity contribution in [2.45, 2.75) is 45.2 Å². The Morgan fingerprint density at radius 1 is 1.15 bits per heavy atom. The average molecular weight is 552 g/mol. The average Bonchev–Trinajstić information content (AvgIpc) is 3.58. The second-order valence-electron chi connectivity index (χ2n) is 9.89. The van der Waals surface area contributed by atoms with Gasteiger partial charge in [-0.1, -0.05) is 30.2 Å². The zero-order valence-corrected chi connectivity index (χ0v) is 22.9. The highest BCUT2D eigenvalue weighted by Crippen LogP contribution is 2.28. The molecule has 0 spiro atoms. The third-order valence-electron chi connectivity index (χ3n) is 7.02. The highest BCUT2D eigenvalue weighted by Gasteiger charge is 2.26. The van der Waals surface area contributed by atoms with E-state index in [-0.39, 0.29) is 10.9 Å². The summed E-state index contributed by atoms with van der Waals surface area (Å²) in [6.07, 6.45) is 8.04. The predicted molar refractivity (Wildman–Crippen MR) is 150 cm³/mol. The Morgan fingerprint density at radius 2 is 1.92 bits per heavy atom. The van der Waals surface area contributed by atoms with Crippen LogP contribution in [0, 0.1) is 6.92 Å². The van der Waals surface area contributed by atoms with Gasteiger partial charge in [0.05, 0.1) is 5.69 Å². The van der Waals surface area contributed by atoms with Crippen LogP contribution in [0.4, 0.5) is 27.5 Å². The molecule has 12 nitrogen and oxygen atoms in total. The van der Waals surface area contributed by atoms with Crippen molar-refractivity contribution >= 4 is 46.1 Å². The quantitative estimate of drug-likeness (QED) is 0.381. The van der Waals surface area contributed by atoms with E-state index in [0.29, 0.717) is 61.4 Å². The van der Waals surface area contributed by atoms with Crippen LogP contribution in [0.15, 0.2) is 30.6 Å². The molecule has 2 amide bonds. The maximum Gasteiger partial charge on any atom is 0.347 e. The van der Waals surface area contributed by atoms with Gasteiger partial charge in [0.25, 0.3) is 0 Å². The number of nitrogens with one attached hydrogen (secondary N) is 2. The van der Waals surface area contributed by atoms with E-state index in [1.807, 2.05) is 41.2 Å². The number of carboxylic acid groups (broad SMARTS) is 1. The zero-order valence-electron chi connectivity index (χ0n) is 22.1. The summed E-state index contributed by atoms with van der Waals surface area (Å²) >= 11 is 1.05. The van der Waals surface area contributed by atoms with Crippen LogP contribution in [0.1, 0.15) is 46.6 Å². The largest absolute Gasteiger partial charge is 0.477 e. The summed E-state index contributed by atoms with van der Waals surface area (Å²) in [6.45, 7) is 4.73. The maximum absolute atomic E-state index is 12.8. The number of rotatable bonds is 8. The smallest absolute Gasteiger partial charge is 0.347 e. The van der Waals surface area contributed by atoms with Gasteiger partial charge in [-0.15, -0.1) is 0 Å². The molecule has 13 heteroatoms. The molecule has 2 aliphatic rings. The van der Waals surface area contributed by atoms with Gasteiger partial charge in [-0.05, 0) is 31.4 Å². The van der Waals surface area contributed by atoms with E-state index in [4.69, 9.17) is 9.97 Å². The molecule has 0 bridgehead atoms. The minimum Gasteiger partial charge on any atom is -0.477 e. The monoisotopic (exact) mass is 551 g/mol. The normalized spacial score (nSPS) is 15.8. The van der Waals surface area contributed by atoms with Crippen LogP contribution >= 0.6 is 11.3 Å². The van der Waals surface area contributed by atoms with Crippen LogP contribution in [0.2, 0.25) is 0 Å². The number of pyridine rings is 1. The molecule has 3 N–H and O–H groups in total. The molecule has 3 aromatic heterocycles. The summed E-state index contributed by atoms with van der Waals surface area (Å²) in [4.78, 5) is 48.4. The van der Waals surface area contributed by atoms with E-state index >= 15 is 0 Å². The second-order valence-corrected chi connectivity index (χ2v) is 10.9. The lowest BCUT2D eigenvalue weighted by Gasteiger charge is -2.36. The number of piperazine rings is 1. The van der Waals surface area contributed by atoms with E-state index in [0.717, 1.165) is 35.6 Å². The van der Waals surface area contributed by atoms with Crippen molar-refractivity contribution in [3.63, 3.8) is 0 Å². The van der Waals surface area contributed by atoms with Crippen molar-refractivity contribution in [2.24, 2.45) is 0 Å². The van der Waals surface area contributed by atoms with Crippen molar-refractivity contribution < 1.29 is 14.7 Å². The van der Waals surface area contributed by atoms with Crippen molar-refractivity contribution in [3.05, 3.63) is 46.7 Å². The topological polar surface area (TPSA) is 140 Å². The van der Waals surface area contributed by atoms with Crippen molar-refractivity contribution in [1.82, 2.24) is 30.2 Å². The van der Waals surface area contributed by atoms with Crippen LogP contribution in [-0.2, 0) is 6.54 Å². The molecular weight excluding hydrogens is 518 g/mol. The Morgan fingerprint density at radius 3 is 2.59 bits per heavy atom. The molecule has 5 rings (SSSR count). The first-order valence-electron chi connectivity index (χ1n) is 13.1. The molecule has 2 fully saturated rings. The number of nitrogens with zero attached hydrogens (tertiary/aromatic N) is 7. The van der Waals surface area contributed by atoms with Gasteiger partial charge < -0.3 is 25.1 Å². The van der Waals surface area contributed by atoms with Gasteiger partial charge in [-0.25, -0.2) is 14.6 Å². The third kappa shape index (κ3) is 6.53. The molecular formula is C26H33N9O3S. The number of thiazole rings is 1. The number of aromatic carboxylic acids is 1. The summed E-state index contributed by atoms with van der Waals surface area (Å²) < 4.78 is 0. The fourth-order valence-corrected chi connectivity index (χ4v) is 5.70. The number of anilines is 4. The van der Waals surface area contributed by atoms with Gasteiger partial charge in [0.2, 0.25) is 5.95 Å². The standard InChI is InChI=1S/C26H33N9O3S/c1-17-22(23(36)37)39-25(28-17)32-24-30-20(33(2)16-18-6-5-9-27-15-18)14-21(31-24)34-10-12-35(13-11-34)26(38)29-19-7-3-4-8-19/h5-6,9,14-15,19H,3-4,7-8,10-13,16H2,1-2H3,(H,29,38)(H,36,37)(H,28,30,31,32). The number of hydrogen-bond donors (Lipinski definition) is 3. The Hall–Kier alpha value is -4.00. The fourth-order valence-electron chi connectivity index (χ4n) is 4.90. The van der Waals surface area contributed by atoms with Crippen molar-refractivity contribution in [3.8, 4) is 0 Å². The van der Waals surface area contributed by atoms with E-state index < -0.39 is 5.97 Å². The molecule has 0 atom stereocenters. The first kappa shape index (κ1) is 26.6. The molecule has 39 heavy (non-hydrogen) atoms. The molecule has 0 unspecified atom stereocenters. The summed E-state index contributed by atoms with van der Waals surface area (Å²) in [5.74, 6) is 0.731. The second kappa shape index (κ2) is 11.8. The van der Waals surface area contributed by atoms with E-state index in [9.17, 15) is 14.7 Å². The minimum atomic E-state index is -1.01. The van der Waals surface area contributed by atoms with Crippen molar-refractivity contribution in [2.75, 3.05) is 48.3 Å². The SMILES string of the molecule is Cc1nc(Nc2nc(N(C)Cc3cccnc3)cc(N3CCN(C(=O)NC4CCCC4)CC3)n2)sc1C(=O)O. The number of carbonyl (C=O) groups excluding carboxylic acids is 1. The van der Waals surface area contributed by atoms with Gasteiger partial charge in [-0.2, -0.15) is 9.97 Å². The highest BCUT2D eigenvalue weighted by atomic mass is 32.1. The van der Waals surface area contributed by atoms with Gasteiger partial charge in [0.15, 0.2) is 5.13 Å². The van der Waals surface area contributed by atoms with Crippen molar-refractivity contribution in [1.29, 1.82) is 0 Å². The summed E-state index contributed by atoms with van der Waals surface area (Å²) in [5.41, 5.74) is 1.48. The first-order chi connectivity index (χ1) is 18.9. The zero-order chi connectivity index (χ0) is 27.4. The van der Waals surface area contributed by atoms with E-state index in [1.165, 1.54) is 12.8 Å². The van der Waals surface area contributed by atoms with E-state index in [1.54, 1.807) is 13.1 Å². The molecule has 0 aromatic carbocycles. The van der Waals surface area contributed by atoms with E-state index in [2.05, 4.69) is 25.5 Å². The van der Waals surface area contributed by atoms with Gasteiger partial charge in [0, 0.05) is 64.3 Å². The Kier molecular flexibility index (Phi) is 8.05. The lowest BCUT2D eigenvalue weighted by atomic mass is 10.2. The molecule has 1 saturated heterocycles. The number of carboxylic acids is 1. The Balaban J connectivity index is 1.34. The summed E-state index contributed by atoms with van der Waals surface area (Å²) in [5, 5.41) is 16.1. The lowest BCUT2D eigenvalue weighted by Crippen LogP contribution is -2.53. The van der Waals surface area contributed by atoms with Gasteiger partial charge in [-0.3, -0.25) is 10.3 Å². The lowest BCUT2D eigenvalue weighted by molar-refractivity contribution is 0.0701. The Bertz CT molecular complexity index is 1310. The fraction of sp³-hybridized carbons (Fsp3) is 0.462. The van der Waals surface area contributed by atoms with Gasteiger partial charge in [0.1, 0.15) is 16.5 Å². The summed E-state index contributed by atoms with van der Waals surface area (Å²) in [7, 11) is 1.95. The number of hydrogen-bond acceptors (Lipinski definition) is 10. The number of carbonyl (C=O) groups is 2. The number of aromatic nitrogens is 4. The van der Waals surface area contributed by atoms with Crippen LogP contribution in [0.25, 0.3) is 0 Å². The third-order valence-corrected chi connectivity index (χ3v) is 8.08. The van der Waals surface area contributed by atoms with Crippen LogP contribution in [0.3, 0.4) is 0 Å². The van der Waals surface area contributed by atoms with Crippen LogP contribution in [-0.4, -0.2) is 81.2 Å². The molecule has 1 saturated carbocycles. The molecule has 206 valence electrons. The number of urea groups is 1. The molecule has 4 heterocycles. The molecule has 3 aromatic rings. The van der Waals surface area contributed by atoms with Gasteiger partial charge >= 0.3 is 12.0 Å². The predicted octanol–water partition coefficient (Wildman–Crippen LogP) is 3.49. The summed E-state index contributed by atoms with van der Waals surface area (Å²) in [6, 6.07) is 6.14. The number of aryl methyl sites for hydroxylation is 1. The highest BCUT2D eigenvalue weighted by molar-refractivity contribution is 7.17. The number of amides is 2.